The summed E-state index contributed by atoms with van der Waals surface area (Å²) in [6, 6.07) is 2.00. The maximum Gasteiger partial charge on any atom is 0.225 e. The molecule has 6 heteroatoms. The summed E-state index contributed by atoms with van der Waals surface area (Å²) in [5, 5.41) is 0.255. The molecule has 0 amide bonds. The van der Waals surface area contributed by atoms with Crippen LogP contribution in [-0.2, 0) is 11.8 Å². The Morgan fingerprint density at radius 1 is 1.26 bits per heavy atom. The van der Waals surface area contributed by atoms with Crippen LogP contribution in [-0.4, -0.2) is 33.4 Å². The zero-order valence-corrected chi connectivity index (χ0v) is 11.7. The van der Waals surface area contributed by atoms with Crippen molar-refractivity contribution in [2.24, 2.45) is 7.05 Å². The van der Waals surface area contributed by atoms with Gasteiger partial charge in [0.1, 0.15) is 11.3 Å². The van der Waals surface area contributed by atoms with Crippen molar-refractivity contribution in [3.05, 3.63) is 17.0 Å². The minimum absolute atomic E-state index is 0.255. The number of rotatable bonds is 1. The number of halogens is 1. The number of hydrogen-bond acceptors (Lipinski definition) is 4. The monoisotopic (exact) mass is 278 g/mol. The van der Waals surface area contributed by atoms with Crippen LogP contribution in [0.3, 0.4) is 0 Å². The van der Waals surface area contributed by atoms with Gasteiger partial charge in [0.25, 0.3) is 0 Å². The van der Waals surface area contributed by atoms with E-state index in [-0.39, 0.29) is 5.28 Å². The summed E-state index contributed by atoms with van der Waals surface area (Å²) in [6.07, 6.45) is 1.15. The average Bonchev–Trinajstić information content (AvgIpc) is 2.65. The fourth-order valence-corrected chi connectivity index (χ4v) is 2.69. The van der Waals surface area contributed by atoms with Crippen LogP contribution < -0.4 is 4.90 Å². The molecule has 1 saturated heterocycles. The van der Waals surface area contributed by atoms with Crippen LogP contribution in [0.15, 0.2) is 6.07 Å². The summed E-state index contributed by atoms with van der Waals surface area (Å²) >= 11 is 6.01. The Kier molecular flexibility index (Phi) is 2.93. The zero-order chi connectivity index (χ0) is 13.6. The van der Waals surface area contributed by atoms with Crippen molar-refractivity contribution < 1.29 is 4.79 Å². The van der Waals surface area contributed by atoms with E-state index in [9.17, 15) is 4.79 Å². The third-order valence-corrected chi connectivity index (χ3v) is 3.87. The summed E-state index contributed by atoms with van der Waals surface area (Å²) < 4.78 is 2.07. The van der Waals surface area contributed by atoms with Crippen LogP contribution >= 0.6 is 11.6 Å². The second-order valence-electron chi connectivity index (χ2n) is 4.92. The molecular weight excluding hydrogens is 264 g/mol. The van der Waals surface area contributed by atoms with Gasteiger partial charge in [-0.1, -0.05) is 0 Å². The Labute approximate surface area is 116 Å². The lowest BCUT2D eigenvalue weighted by Gasteiger charge is -2.27. The van der Waals surface area contributed by atoms with Gasteiger partial charge in [-0.3, -0.25) is 4.79 Å². The predicted molar refractivity (Wildman–Crippen MR) is 74.7 cm³/mol. The van der Waals surface area contributed by atoms with Gasteiger partial charge in [0, 0.05) is 38.7 Å². The van der Waals surface area contributed by atoms with E-state index in [2.05, 4.69) is 19.4 Å². The third kappa shape index (κ3) is 2.08. The smallest absolute Gasteiger partial charge is 0.225 e. The minimum Gasteiger partial charge on any atom is -0.354 e. The topological polar surface area (TPSA) is 51.0 Å². The molecule has 3 rings (SSSR count). The molecule has 2 aromatic heterocycles. The molecule has 0 bridgehead atoms. The van der Waals surface area contributed by atoms with E-state index < -0.39 is 0 Å². The zero-order valence-electron chi connectivity index (χ0n) is 11.0. The van der Waals surface area contributed by atoms with Crippen LogP contribution in [0.5, 0.6) is 0 Å². The van der Waals surface area contributed by atoms with Crippen LogP contribution in [0, 0.1) is 6.92 Å². The summed E-state index contributed by atoms with van der Waals surface area (Å²) in [6.45, 7) is 3.43. The van der Waals surface area contributed by atoms with E-state index in [1.54, 1.807) is 0 Å². The number of carbonyl (C=O) groups excluding carboxylic acids is 1. The van der Waals surface area contributed by atoms with Crippen molar-refractivity contribution in [2.75, 3.05) is 18.0 Å². The lowest BCUT2D eigenvalue weighted by atomic mass is 10.1. The van der Waals surface area contributed by atoms with Gasteiger partial charge in [0.2, 0.25) is 5.28 Å². The largest absolute Gasteiger partial charge is 0.354 e. The number of aryl methyl sites for hydroxylation is 2. The average molecular weight is 279 g/mol. The third-order valence-electron chi connectivity index (χ3n) is 3.70. The number of hydrogen-bond donors (Lipinski definition) is 0. The van der Waals surface area contributed by atoms with Crippen molar-refractivity contribution in [2.45, 2.75) is 19.8 Å². The first-order valence-electron chi connectivity index (χ1n) is 6.32. The van der Waals surface area contributed by atoms with E-state index in [1.807, 2.05) is 20.0 Å². The van der Waals surface area contributed by atoms with E-state index >= 15 is 0 Å². The number of fused-ring (bicyclic) bond motifs is 1. The number of piperidine rings is 1. The number of aromatic nitrogens is 3. The molecule has 1 fully saturated rings. The molecule has 19 heavy (non-hydrogen) atoms. The Morgan fingerprint density at radius 3 is 2.63 bits per heavy atom. The van der Waals surface area contributed by atoms with Crippen LogP contribution in [0.4, 0.5) is 5.82 Å². The van der Waals surface area contributed by atoms with Crippen molar-refractivity contribution in [1.82, 2.24) is 14.5 Å². The van der Waals surface area contributed by atoms with Crippen molar-refractivity contribution in [3.63, 3.8) is 0 Å². The molecular formula is C13H15ClN4O. The summed E-state index contributed by atoms with van der Waals surface area (Å²) in [5.74, 6) is 1.15. The van der Waals surface area contributed by atoms with Crippen molar-refractivity contribution >= 4 is 34.2 Å². The number of Topliss-reactive ketones (excluding diaryl/α,β-unsaturated/α-hetero) is 1. The molecule has 0 unspecified atom stereocenters. The van der Waals surface area contributed by atoms with Crippen molar-refractivity contribution in [1.29, 1.82) is 0 Å². The van der Waals surface area contributed by atoms with E-state index in [4.69, 9.17) is 11.6 Å². The fourth-order valence-electron chi connectivity index (χ4n) is 2.51. The van der Waals surface area contributed by atoms with Crippen LogP contribution in [0.2, 0.25) is 5.28 Å². The summed E-state index contributed by atoms with van der Waals surface area (Å²) in [5.41, 5.74) is 2.95. The standard InChI is InChI=1S/C13H15ClN4O/c1-8-7-10-11(17(8)2)12(16-13(14)15-10)18-5-3-9(19)4-6-18/h7H,3-6H2,1-2H3. The molecule has 2 aromatic rings. The maximum atomic E-state index is 11.4. The van der Waals surface area contributed by atoms with E-state index in [0.29, 0.717) is 31.7 Å². The van der Waals surface area contributed by atoms with Gasteiger partial charge < -0.3 is 9.47 Å². The molecule has 0 aromatic carbocycles. The van der Waals surface area contributed by atoms with Gasteiger partial charge in [-0.2, -0.15) is 4.98 Å². The SMILES string of the molecule is Cc1cc2nc(Cl)nc(N3CCC(=O)CC3)c2n1C. The molecule has 0 atom stereocenters. The van der Waals surface area contributed by atoms with Gasteiger partial charge >= 0.3 is 0 Å². The number of nitrogens with zero attached hydrogens (tertiary/aromatic N) is 4. The van der Waals surface area contributed by atoms with Crippen molar-refractivity contribution in [3.8, 4) is 0 Å². The summed E-state index contributed by atoms with van der Waals surface area (Å²) in [4.78, 5) is 22.1. The van der Waals surface area contributed by atoms with Gasteiger partial charge in [-0.15, -0.1) is 0 Å². The lowest BCUT2D eigenvalue weighted by molar-refractivity contribution is -0.119. The second kappa shape index (κ2) is 4.49. The summed E-state index contributed by atoms with van der Waals surface area (Å²) in [7, 11) is 1.99. The molecule has 5 nitrogen and oxygen atoms in total. The molecule has 100 valence electrons. The van der Waals surface area contributed by atoms with Gasteiger partial charge in [0.15, 0.2) is 5.82 Å². The Morgan fingerprint density at radius 2 is 1.95 bits per heavy atom. The van der Waals surface area contributed by atoms with Gasteiger partial charge in [-0.05, 0) is 24.6 Å². The number of anilines is 1. The predicted octanol–water partition coefficient (Wildman–Crippen LogP) is 2.10. The molecule has 3 heterocycles. The highest BCUT2D eigenvalue weighted by Gasteiger charge is 2.22. The van der Waals surface area contributed by atoms with Gasteiger partial charge in [-0.25, -0.2) is 4.98 Å². The first-order chi connectivity index (χ1) is 9.06. The molecule has 1 aliphatic rings. The quantitative estimate of drug-likeness (QED) is 0.750. The van der Waals surface area contributed by atoms with Crippen LogP contribution in [0.25, 0.3) is 11.0 Å². The molecule has 0 radical (unpaired) electrons. The molecule has 0 spiro atoms. The lowest BCUT2D eigenvalue weighted by Crippen LogP contribution is -2.34. The first kappa shape index (κ1) is 12.4. The Balaban J connectivity index is 2.14. The van der Waals surface area contributed by atoms with E-state index in [1.165, 1.54) is 0 Å². The fraction of sp³-hybridized carbons (Fsp3) is 0.462. The normalized spacial score (nSPS) is 16.4. The highest BCUT2D eigenvalue weighted by Crippen LogP contribution is 2.28. The van der Waals surface area contributed by atoms with Gasteiger partial charge in [0.05, 0.1) is 5.52 Å². The first-order valence-corrected chi connectivity index (χ1v) is 6.70. The minimum atomic E-state index is 0.255. The highest BCUT2D eigenvalue weighted by atomic mass is 35.5. The maximum absolute atomic E-state index is 11.4. The molecule has 0 saturated carbocycles. The Bertz CT molecular complexity index is 654. The second-order valence-corrected chi connectivity index (χ2v) is 5.26. The number of ketones is 1. The molecule has 0 N–H and O–H groups in total. The van der Waals surface area contributed by atoms with E-state index in [0.717, 1.165) is 22.5 Å². The Hall–Kier alpha value is -1.62. The molecule has 1 aliphatic heterocycles. The molecule has 0 aliphatic carbocycles. The number of carbonyl (C=O) groups is 1. The highest BCUT2D eigenvalue weighted by molar-refractivity contribution is 6.28. The van der Waals surface area contributed by atoms with Crippen LogP contribution in [0.1, 0.15) is 18.5 Å².